The quantitative estimate of drug-likeness (QED) is 0.181. The molecule has 0 aromatic carbocycles. The van der Waals surface area contributed by atoms with Crippen LogP contribution in [-0.2, 0) is 9.78 Å². The lowest BCUT2D eigenvalue weighted by Crippen LogP contribution is -2.57. The van der Waals surface area contributed by atoms with Crippen LogP contribution < -0.4 is 0 Å². The van der Waals surface area contributed by atoms with E-state index in [9.17, 15) is 15.3 Å². The summed E-state index contributed by atoms with van der Waals surface area (Å²) >= 11 is 0. The zero-order valence-electron chi connectivity index (χ0n) is 7.57. The number of aliphatic hydroxyl groups is 5. The highest BCUT2D eigenvalue weighted by atomic mass is 28.1. The fraction of sp³-hybridized carbons (Fsp3) is 1.00. The maximum atomic E-state index is 9.65. The van der Waals surface area contributed by atoms with Crippen molar-refractivity contribution in [1.82, 2.24) is 0 Å². The third kappa shape index (κ3) is 2.30. The smallest absolute Gasteiger partial charge is 0.251 e. The van der Waals surface area contributed by atoms with E-state index < -0.39 is 36.4 Å². The summed E-state index contributed by atoms with van der Waals surface area (Å²) < 4.78 is 0. The highest BCUT2D eigenvalue weighted by Crippen LogP contribution is 2.28. The molecule has 1 saturated heterocycles. The van der Waals surface area contributed by atoms with E-state index in [1.54, 1.807) is 0 Å². The van der Waals surface area contributed by atoms with Crippen molar-refractivity contribution >= 4 is 10.2 Å². The van der Waals surface area contributed by atoms with E-state index in [1.165, 1.54) is 0 Å². The SMILES string of the molecule is OC[C@@H](O)[C@@H](O)[C@H](O)[C@](O)([SiH3])C1OO1. The van der Waals surface area contributed by atoms with Crippen LogP contribution in [0, 0.1) is 0 Å². The Hall–Kier alpha value is -0.0631. The minimum absolute atomic E-state index is 0.0780. The molecule has 0 bridgehead atoms. The summed E-state index contributed by atoms with van der Waals surface area (Å²) in [5.41, 5.74) is 0. The van der Waals surface area contributed by atoms with Gasteiger partial charge in [-0.2, -0.15) is 9.78 Å². The van der Waals surface area contributed by atoms with Crippen molar-refractivity contribution in [3.63, 3.8) is 0 Å². The van der Waals surface area contributed by atoms with Gasteiger partial charge in [-0.05, 0) is 0 Å². The Labute approximate surface area is 82.9 Å². The Kier molecular flexibility index (Phi) is 3.61. The second-order valence-electron chi connectivity index (χ2n) is 3.44. The standard InChI is InChI=1S/C6H14O7Si/c7-1-2(8)3(9)4(10)6(11,14)5-12-13-5/h2-5,7-11H,1H2,14H3/t2-,3-,4+,6+/m1/s1. The van der Waals surface area contributed by atoms with Crippen LogP contribution in [0.1, 0.15) is 0 Å². The molecule has 0 saturated carbocycles. The first-order chi connectivity index (χ1) is 6.41. The van der Waals surface area contributed by atoms with Gasteiger partial charge in [-0.3, -0.25) is 0 Å². The van der Waals surface area contributed by atoms with Crippen LogP contribution >= 0.6 is 0 Å². The fourth-order valence-electron chi connectivity index (χ4n) is 1.03. The molecule has 1 heterocycles. The highest BCUT2D eigenvalue weighted by molar-refractivity contribution is 6.15. The lowest BCUT2D eigenvalue weighted by Gasteiger charge is -2.31. The molecule has 0 aliphatic carbocycles. The molecular formula is C6H14O7Si. The highest BCUT2D eigenvalue weighted by Gasteiger charge is 2.52. The molecular weight excluding hydrogens is 212 g/mol. The largest absolute Gasteiger partial charge is 0.394 e. The van der Waals surface area contributed by atoms with Gasteiger partial charge < -0.3 is 25.5 Å². The Morgan fingerprint density at radius 1 is 1.29 bits per heavy atom. The van der Waals surface area contributed by atoms with Gasteiger partial charge in [0, 0.05) is 0 Å². The predicted octanol–water partition coefficient (Wildman–Crippen LogP) is -4.60. The van der Waals surface area contributed by atoms with Crippen molar-refractivity contribution in [3.05, 3.63) is 0 Å². The third-order valence-electron chi connectivity index (χ3n) is 2.17. The van der Waals surface area contributed by atoms with Gasteiger partial charge in [-0.25, -0.2) is 0 Å². The van der Waals surface area contributed by atoms with Crippen LogP contribution in [0.4, 0.5) is 0 Å². The summed E-state index contributed by atoms with van der Waals surface area (Å²) in [7, 11) is 0.0780. The first-order valence-electron chi connectivity index (χ1n) is 4.10. The molecule has 4 atom stereocenters. The van der Waals surface area contributed by atoms with E-state index in [2.05, 4.69) is 9.78 Å². The molecule has 84 valence electrons. The molecule has 1 rings (SSSR count). The minimum atomic E-state index is -1.70. The lowest BCUT2D eigenvalue weighted by molar-refractivity contribution is -0.135. The number of hydrogen-bond donors (Lipinski definition) is 5. The van der Waals surface area contributed by atoms with Gasteiger partial charge in [0.1, 0.15) is 23.5 Å². The van der Waals surface area contributed by atoms with E-state index in [0.29, 0.717) is 0 Å². The lowest BCUT2D eigenvalue weighted by atomic mass is 10.0. The molecule has 1 aliphatic rings. The van der Waals surface area contributed by atoms with Gasteiger partial charge in [0.25, 0.3) is 6.29 Å². The van der Waals surface area contributed by atoms with Gasteiger partial charge in [0.2, 0.25) is 0 Å². The zero-order valence-corrected chi connectivity index (χ0v) is 9.57. The first-order valence-corrected chi connectivity index (χ1v) is 5.10. The molecule has 5 N–H and O–H groups in total. The van der Waals surface area contributed by atoms with Crippen LogP contribution in [0.15, 0.2) is 0 Å². The molecule has 7 nitrogen and oxygen atoms in total. The summed E-state index contributed by atoms with van der Waals surface area (Å²) in [6, 6.07) is 0. The van der Waals surface area contributed by atoms with E-state index in [0.717, 1.165) is 0 Å². The summed E-state index contributed by atoms with van der Waals surface area (Å²) in [6.07, 6.45) is -5.74. The van der Waals surface area contributed by atoms with Crippen LogP contribution in [0.2, 0.25) is 0 Å². The molecule has 1 aliphatic heterocycles. The number of hydrogen-bond acceptors (Lipinski definition) is 7. The second kappa shape index (κ2) is 4.21. The van der Waals surface area contributed by atoms with Crippen LogP contribution in [-0.4, -0.2) is 72.2 Å². The summed E-state index contributed by atoms with van der Waals surface area (Å²) in [6.45, 7) is -0.706. The van der Waals surface area contributed by atoms with E-state index >= 15 is 0 Å². The van der Waals surface area contributed by atoms with Crippen LogP contribution in [0.25, 0.3) is 0 Å². The van der Waals surface area contributed by atoms with Crippen molar-refractivity contribution in [1.29, 1.82) is 0 Å². The van der Waals surface area contributed by atoms with E-state index in [-0.39, 0.29) is 10.2 Å². The van der Waals surface area contributed by atoms with Crippen molar-refractivity contribution in [3.8, 4) is 0 Å². The average Bonchev–Trinajstić information content (AvgIpc) is 2.97. The summed E-state index contributed by atoms with van der Waals surface area (Å²) in [5.74, 6) is 0. The number of aliphatic hydroxyl groups excluding tert-OH is 4. The second-order valence-corrected chi connectivity index (χ2v) is 5.04. The topological polar surface area (TPSA) is 126 Å². The van der Waals surface area contributed by atoms with Crippen LogP contribution in [0.5, 0.6) is 0 Å². The van der Waals surface area contributed by atoms with Crippen molar-refractivity contribution in [2.24, 2.45) is 0 Å². The molecule has 0 spiro atoms. The molecule has 1 fully saturated rings. The predicted molar refractivity (Wildman–Crippen MR) is 46.0 cm³/mol. The Morgan fingerprint density at radius 2 is 1.79 bits per heavy atom. The Bertz CT molecular complexity index is 195. The minimum Gasteiger partial charge on any atom is -0.394 e. The molecule has 8 heteroatoms. The van der Waals surface area contributed by atoms with Gasteiger partial charge in [-0.1, -0.05) is 0 Å². The van der Waals surface area contributed by atoms with Gasteiger partial charge in [0.05, 0.1) is 16.8 Å². The monoisotopic (exact) mass is 226 g/mol. The molecule has 0 radical (unpaired) electrons. The van der Waals surface area contributed by atoms with Gasteiger partial charge >= 0.3 is 0 Å². The first kappa shape index (κ1) is 12.0. The van der Waals surface area contributed by atoms with Crippen molar-refractivity contribution < 1.29 is 35.3 Å². The number of rotatable bonds is 5. The van der Waals surface area contributed by atoms with E-state index in [4.69, 9.17) is 10.2 Å². The zero-order chi connectivity index (χ0) is 10.9. The average molecular weight is 226 g/mol. The fourth-order valence-corrected chi connectivity index (χ4v) is 1.56. The molecule has 14 heavy (non-hydrogen) atoms. The van der Waals surface area contributed by atoms with Crippen LogP contribution in [0.3, 0.4) is 0 Å². The molecule has 0 unspecified atom stereocenters. The summed E-state index contributed by atoms with van der Waals surface area (Å²) in [4.78, 5) is 8.65. The molecule has 0 aromatic heterocycles. The Balaban J connectivity index is 2.58. The van der Waals surface area contributed by atoms with E-state index in [1.807, 2.05) is 0 Å². The normalized spacial score (nSPS) is 28.1. The van der Waals surface area contributed by atoms with Crippen molar-refractivity contribution in [2.45, 2.75) is 29.8 Å². The maximum absolute atomic E-state index is 9.65. The Morgan fingerprint density at radius 3 is 2.14 bits per heavy atom. The van der Waals surface area contributed by atoms with Crippen molar-refractivity contribution in [2.75, 3.05) is 6.61 Å². The summed E-state index contributed by atoms with van der Waals surface area (Å²) in [5, 5.41) is 44.2. The third-order valence-corrected chi connectivity index (χ3v) is 3.24. The van der Waals surface area contributed by atoms with Gasteiger partial charge in [-0.15, -0.1) is 0 Å². The van der Waals surface area contributed by atoms with Gasteiger partial charge in [0.15, 0.2) is 0 Å². The molecule has 0 amide bonds. The molecule has 0 aromatic rings. The maximum Gasteiger partial charge on any atom is 0.251 e.